The number of nitriles is 1. The van der Waals surface area contributed by atoms with Gasteiger partial charge in [0.15, 0.2) is 0 Å². The van der Waals surface area contributed by atoms with Gasteiger partial charge in [-0.15, -0.1) is 0 Å². The maximum absolute atomic E-state index is 11.9. The van der Waals surface area contributed by atoms with Crippen LogP contribution in [0.25, 0.3) is 0 Å². The average molecular weight is 288 g/mol. The van der Waals surface area contributed by atoms with Gasteiger partial charge in [-0.2, -0.15) is 5.26 Å². The Labute approximate surface area is 126 Å². The second-order valence-corrected chi connectivity index (χ2v) is 5.28. The molecule has 0 aromatic heterocycles. The lowest BCUT2D eigenvalue weighted by molar-refractivity contribution is -0.116. The number of rotatable bonds is 8. The highest BCUT2D eigenvalue weighted by Crippen LogP contribution is 2.17. The number of hydrogen-bond donors (Lipinski definition) is 2. The third-order valence-electron chi connectivity index (χ3n) is 3.33. The lowest BCUT2D eigenvalue weighted by Gasteiger charge is -2.25. The van der Waals surface area contributed by atoms with Crippen molar-refractivity contribution < 1.29 is 4.79 Å². The number of amides is 1. The maximum Gasteiger partial charge on any atom is 0.224 e. The van der Waals surface area contributed by atoms with Crippen LogP contribution in [0.15, 0.2) is 24.3 Å². The first-order valence-electron chi connectivity index (χ1n) is 7.30. The molecule has 1 aromatic rings. The SMILES string of the molecule is CC(C)N(CCC#N)CCCC(=O)Nc1ccccc1N. The Morgan fingerprint density at radius 1 is 1.38 bits per heavy atom. The fourth-order valence-corrected chi connectivity index (χ4v) is 2.09. The van der Waals surface area contributed by atoms with Crippen molar-refractivity contribution in [3.05, 3.63) is 24.3 Å². The molecule has 0 radical (unpaired) electrons. The standard InChI is InChI=1S/C16H24N4O/c1-13(2)20(12-6-10-17)11-5-9-16(21)19-15-8-4-3-7-14(15)18/h3-4,7-8,13H,5-6,9,11-12,18H2,1-2H3,(H,19,21). The van der Waals surface area contributed by atoms with E-state index in [2.05, 4.69) is 30.1 Å². The number of carbonyl (C=O) groups is 1. The van der Waals surface area contributed by atoms with Crippen molar-refractivity contribution in [2.24, 2.45) is 0 Å². The van der Waals surface area contributed by atoms with Crippen LogP contribution in [0.4, 0.5) is 11.4 Å². The van der Waals surface area contributed by atoms with Crippen molar-refractivity contribution in [3.63, 3.8) is 0 Å². The molecule has 5 heteroatoms. The normalized spacial score (nSPS) is 10.6. The van der Waals surface area contributed by atoms with Crippen LogP contribution in [0.1, 0.15) is 33.1 Å². The van der Waals surface area contributed by atoms with E-state index in [1.54, 1.807) is 12.1 Å². The minimum Gasteiger partial charge on any atom is -0.397 e. The molecule has 0 saturated carbocycles. The van der Waals surface area contributed by atoms with Crippen LogP contribution in [0.2, 0.25) is 0 Å². The summed E-state index contributed by atoms with van der Waals surface area (Å²) in [5.74, 6) is -0.0307. The van der Waals surface area contributed by atoms with Crippen molar-refractivity contribution >= 4 is 17.3 Å². The Balaban J connectivity index is 2.36. The summed E-state index contributed by atoms with van der Waals surface area (Å²) in [6.07, 6.45) is 1.73. The third kappa shape index (κ3) is 6.28. The van der Waals surface area contributed by atoms with E-state index in [9.17, 15) is 4.79 Å². The summed E-state index contributed by atoms with van der Waals surface area (Å²) in [6, 6.07) is 9.77. The van der Waals surface area contributed by atoms with E-state index in [1.807, 2.05) is 12.1 Å². The topological polar surface area (TPSA) is 82.2 Å². The molecule has 21 heavy (non-hydrogen) atoms. The number of benzene rings is 1. The number of para-hydroxylation sites is 2. The van der Waals surface area contributed by atoms with Gasteiger partial charge in [0.05, 0.1) is 17.4 Å². The lowest BCUT2D eigenvalue weighted by atomic mass is 10.2. The van der Waals surface area contributed by atoms with Crippen LogP contribution in [0, 0.1) is 11.3 Å². The Bertz CT molecular complexity index is 493. The second kappa shape index (κ2) is 8.98. The first-order valence-corrected chi connectivity index (χ1v) is 7.30. The monoisotopic (exact) mass is 288 g/mol. The molecule has 1 amide bonds. The van der Waals surface area contributed by atoms with Gasteiger partial charge >= 0.3 is 0 Å². The largest absolute Gasteiger partial charge is 0.397 e. The first kappa shape index (κ1) is 17.0. The molecule has 0 saturated heterocycles. The van der Waals surface area contributed by atoms with Gasteiger partial charge in [0.1, 0.15) is 0 Å². The smallest absolute Gasteiger partial charge is 0.224 e. The van der Waals surface area contributed by atoms with Crippen molar-refractivity contribution in [2.75, 3.05) is 24.1 Å². The molecule has 0 unspecified atom stereocenters. The number of hydrogen-bond acceptors (Lipinski definition) is 4. The van der Waals surface area contributed by atoms with E-state index in [0.717, 1.165) is 19.5 Å². The lowest BCUT2D eigenvalue weighted by Crippen LogP contribution is -2.33. The van der Waals surface area contributed by atoms with E-state index in [4.69, 9.17) is 11.0 Å². The summed E-state index contributed by atoms with van der Waals surface area (Å²) in [5, 5.41) is 11.5. The number of nitrogens with two attached hydrogens (primary N) is 1. The van der Waals surface area contributed by atoms with Gasteiger partial charge in [-0.1, -0.05) is 12.1 Å². The molecule has 0 fully saturated rings. The molecule has 0 heterocycles. The van der Waals surface area contributed by atoms with Crippen molar-refractivity contribution in [2.45, 2.75) is 39.2 Å². The number of anilines is 2. The van der Waals surface area contributed by atoms with Crippen molar-refractivity contribution in [3.8, 4) is 6.07 Å². The number of nitrogen functional groups attached to an aromatic ring is 1. The molecular weight excluding hydrogens is 264 g/mol. The summed E-state index contributed by atoms with van der Waals surface area (Å²) >= 11 is 0. The molecule has 0 aliphatic rings. The summed E-state index contributed by atoms with van der Waals surface area (Å²) < 4.78 is 0. The van der Waals surface area contributed by atoms with Crippen LogP contribution < -0.4 is 11.1 Å². The Kier molecular flexibility index (Phi) is 7.27. The highest BCUT2D eigenvalue weighted by atomic mass is 16.1. The summed E-state index contributed by atoms with van der Waals surface area (Å²) in [4.78, 5) is 14.1. The first-order chi connectivity index (χ1) is 10.0. The van der Waals surface area contributed by atoms with Gasteiger partial charge in [0.25, 0.3) is 0 Å². The fourth-order valence-electron chi connectivity index (χ4n) is 2.09. The van der Waals surface area contributed by atoms with E-state index >= 15 is 0 Å². The van der Waals surface area contributed by atoms with Crippen molar-refractivity contribution in [1.29, 1.82) is 5.26 Å². The second-order valence-electron chi connectivity index (χ2n) is 5.28. The molecule has 114 valence electrons. The van der Waals surface area contributed by atoms with Gasteiger partial charge in [-0.05, 0) is 38.9 Å². The molecule has 0 atom stereocenters. The molecule has 1 rings (SSSR count). The predicted molar refractivity (Wildman–Crippen MR) is 85.7 cm³/mol. The van der Waals surface area contributed by atoms with Crippen LogP contribution in [-0.4, -0.2) is 29.9 Å². The van der Waals surface area contributed by atoms with Crippen LogP contribution >= 0.6 is 0 Å². The zero-order valence-corrected chi connectivity index (χ0v) is 12.8. The predicted octanol–water partition coefficient (Wildman–Crippen LogP) is 2.61. The molecule has 0 spiro atoms. The molecule has 0 bridgehead atoms. The van der Waals surface area contributed by atoms with E-state index < -0.39 is 0 Å². The molecule has 0 aliphatic carbocycles. The third-order valence-corrected chi connectivity index (χ3v) is 3.33. The van der Waals surface area contributed by atoms with Gasteiger partial charge in [-0.25, -0.2) is 0 Å². The highest BCUT2D eigenvalue weighted by Gasteiger charge is 2.10. The Morgan fingerprint density at radius 2 is 2.10 bits per heavy atom. The van der Waals surface area contributed by atoms with Gasteiger partial charge in [-0.3, -0.25) is 9.69 Å². The minimum absolute atomic E-state index is 0.0307. The minimum atomic E-state index is -0.0307. The molecular formula is C16H24N4O. The zero-order valence-electron chi connectivity index (χ0n) is 12.8. The molecule has 3 N–H and O–H groups in total. The van der Waals surface area contributed by atoms with Gasteiger partial charge in [0.2, 0.25) is 5.91 Å². The maximum atomic E-state index is 11.9. The van der Waals surface area contributed by atoms with Crippen LogP contribution in [0.3, 0.4) is 0 Å². The number of carbonyl (C=O) groups excluding carboxylic acids is 1. The van der Waals surface area contributed by atoms with Crippen LogP contribution in [0.5, 0.6) is 0 Å². The number of nitrogens with one attached hydrogen (secondary N) is 1. The van der Waals surface area contributed by atoms with Crippen molar-refractivity contribution in [1.82, 2.24) is 4.90 Å². The summed E-state index contributed by atoms with van der Waals surface area (Å²) in [7, 11) is 0. The number of nitrogens with zero attached hydrogens (tertiary/aromatic N) is 2. The Morgan fingerprint density at radius 3 is 2.71 bits per heavy atom. The van der Waals surface area contributed by atoms with E-state index in [0.29, 0.717) is 30.3 Å². The van der Waals surface area contributed by atoms with Crippen LogP contribution in [-0.2, 0) is 4.79 Å². The van der Waals surface area contributed by atoms with Gasteiger partial charge < -0.3 is 11.1 Å². The zero-order chi connectivity index (χ0) is 15.7. The van der Waals surface area contributed by atoms with E-state index in [-0.39, 0.29) is 5.91 Å². The quantitative estimate of drug-likeness (QED) is 0.720. The fraction of sp³-hybridized carbons (Fsp3) is 0.500. The highest BCUT2D eigenvalue weighted by molar-refractivity contribution is 5.93. The average Bonchev–Trinajstić information content (AvgIpc) is 2.44. The molecule has 1 aromatic carbocycles. The summed E-state index contributed by atoms with van der Waals surface area (Å²) in [5.41, 5.74) is 7.02. The molecule has 5 nitrogen and oxygen atoms in total. The summed E-state index contributed by atoms with van der Waals surface area (Å²) in [6.45, 7) is 5.77. The Hall–Kier alpha value is -2.06. The molecule has 0 aliphatic heterocycles. The van der Waals surface area contributed by atoms with E-state index in [1.165, 1.54) is 0 Å². The van der Waals surface area contributed by atoms with Gasteiger partial charge in [0, 0.05) is 25.4 Å².